The Morgan fingerprint density at radius 1 is 1.00 bits per heavy atom. The van der Waals surface area contributed by atoms with Gasteiger partial charge in [0.2, 0.25) is 10.0 Å². The van der Waals surface area contributed by atoms with Crippen LogP contribution in [0.3, 0.4) is 0 Å². The number of benzene rings is 1. The summed E-state index contributed by atoms with van der Waals surface area (Å²) in [5.41, 5.74) is 1.20. The first-order valence-electron chi connectivity index (χ1n) is 12.3. The van der Waals surface area contributed by atoms with Gasteiger partial charge in [0.1, 0.15) is 17.1 Å². The topological polar surface area (TPSA) is 104 Å². The molecule has 1 aliphatic heterocycles. The molecule has 1 saturated heterocycles. The van der Waals surface area contributed by atoms with E-state index in [-0.39, 0.29) is 18.7 Å². The van der Waals surface area contributed by atoms with E-state index < -0.39 is 26.7 Å². The molecule has 0 radical (unpaired) electrons. The predicted molar refractivity (Wildman–Crippen MR) is 139 cm³/mol. The summed E-state index contributed by atoms with van der Waals surface area (Å²) < 4.78 is 74.9. The maximum absolute atomic E-state index is 14.1. The standard InChI is InChI=1S/C26H27F3N6O3S/c1-34-9-11-35(12-10-34)39(36,37)23-5-3-17(13-21(23)26(27,28)29)18-14-22-25(31-16-18)33-24(32-22)6-4-19-15-20(38-2)7-8-30-19/h3,5,7-8,13-16H,4,6,9-12H2,1-2H3,(H,31,32,33). The SMILES string of the molecule is COc1ccnc(CCc2nc3cc(-c4ccc(S(=O)(=O)N5CCN(C)CC5)c(C(F)(F)F)c4)cnc3[nH]2)c1. The van der Waals surface area contributed by atoms with Crippen LogP contribution in [0, 0.1) is 0 Å². The number of likely N-dealkylation sites (N-methyl/N-ethyl adjacent to an activating group) is 1. The van der Waals surface area contributed by atoms with Gasteiger partial charge in [-0.2, -0.15) is 17.5 Å². The third kappa shape index (κ3) is 5.75. The lowest BCUT2D eigenvalue weighted by Crippen LogP contribution is -2.47. The Morgan fingerprint density at radius 2 is 1.77 bits per heavy atom. The predicted octanol–water partition coefficient (Wildman–Crippen LogP) is 3.77. The lowest BCUT2D eigenvalue weighted by molar-refractivity contribution is -0.139. The average molecular weight is 561 g/mol. The molecule has 0 aliphatic carbocycles. The Morgan fingerprint density at radius 3 is 2.49 bits per heavy atom. The monoisotopic (exact) mass is 560 g/mol. The normalized spacial score (nSPS) is 15.6. The van der Waals surface area contributed by atoms with Crippen LogP contribution in [0.2, 0.25) is 0 Å². The van der Waals surface area contributed by atoms with Crippen molar-refractivity contribution in [1.29, 1.82) is 0 Å². The van der Waals surface area contributed by atoms with Gasteiger partial charge in [0.15, 0.2) is 5.65 Å². The molecule has 0 unspecified atom stereocenters. The van der Waals surface area contributed by atoms with E-state index in [0.29, 0.717) is 54.2 Å². The van der Waals surface area contributed by atoms with Gasteiger partial charge >= 0.3 is 6.18 Å². The van der Waals surface area contributed by atoms with Gasteiger partial charge in [-0.1, -0.05) is 6.07 Å². The van der Waals surface area contributed by atoms with Gasteiger partial charge in [-0.05, 0) is 43.3 Å². The lowest BCUT2D eigenvalue weighted by Gasteiger charge is -2.32. The molecule has 3 aromatic heterocycles. The first-order chi connectivity index (χ1) is 18.5. The number of nitrogens with zero attached hydrogens (tertiary/aromatic N) is 5. The molecule has 1 aromatic carbocycles. The van der Waals surface area contributed by atoms with E-state index in [1.165, 1.54) is 12.3 Å². The van der Waals surface area contributed by atoms with Crippen molar-refractivity contribution in [3.8, 4) is 16.9 Å². The third-order valence-corrected chi connectivity index (χ3v) is 8.68. The van der Waals surface area contributed by atoms with Gasteiger partial charge in [-0.25, -0.2) is 18.4 Å². The summed E-state index contributed by atoms with van der Waals surface area (Å²) in [4.78, 5) is 17.5. The van der Waals surface area contributed by atoms with E-state index in [1.807, 2.05) is 18.0 Å². The quantitative estimate of drug-likeness (QED) is 0.367. The Bertz CT molecular complexity index is 1600. The number of methoxy groups -OCH3 is 1. The zero-order valence-corrected chi connectivity index (χ0v) is 22.2. The molecule has 0 saturated carbocycles. The number of hydrogen-bond donors (Lipinski definition) is 1. The minimum atomic E-state index is -4.86. The van der Waals surface area contributed by atoms with Crippen LogP contribution in [0.1, 0.15) is 17.1 Å². The van der Waals surface area contributed by atoms with Crippen LogP contribution in [0.5, 0.6) is 5.75 Å². The number of pyridine rings is 2. The number of nitrogens with one attached hydrogen (secondary N) is 1. The molecule has 13 heteroatoms. The van der Waals surface area contributed by atoms with Gasteiger partial charge in [0.05, 0.1) is 17.6 Å². The van der Waals surface area contributed by atoms with Crippen molar-refractivity contribution >= 4 is 21.2 Å². The van der Waals surface area contributed by atoms with Crippen molar-refractivity contribution in [3.05, 3.63) is 65.9 Å². The van der Waals surface area contributed by atoms with E-state index >= 15 is 0 Å². The Hall–Kier alpha value is -3.55. The molecule has 0 spiro atoms. The van der Waals surface area contributed by atoms with Gasteiger partial charge < -0.3 is 14.6 Å². The lowest BCUT2D eigenvalue weighted by atomic mass is 10.0. The van der Waals surface area contributed by atoms with Crippen molar-refractivity contribution in [2.24, 2.45) is 0 Å². The molecule has 206 valence electrons. The molecule has 39 heavy (non-hydrogen) atoms. The third-order valence-electron chi connectivity index (χ3n) is 6.73. The zero-order valence-electron chi connectivity index (χ0n) is 21.4. The molecule has 1 fully saturated rings. The van der Waals surface area contributed by atoms with Crippen LogP contribution >= 0.6 is 0 Å². The van der Waals surface area contributed by atoms with Crippen molar-refractivity contribution in [3.63, 3.8) is 0 Å². The van der Waals surface area contributed by atoms with Crippen LogP contribution in [-0.2, 0) is 29.0 Å². The number of ether oxygens (including phenoxy) is 1. The molecule has 9 nitrogen and oxygen atoms in total. The molecular formula is C26H27F3N6O3S. The Balaban J connectivity index is 1.42. The van der Waals surface area contributed by atoms with Gasteiger partial charge in [0, 0.05) is 62.3 Å². The zero-order chi connectivity index (χ0) is 27.8. The van der Waals surface area contributed by atoms with Crippen LogP contribution < -0.4 is 4.74 Å². The van der Waals surface area contributed by atoms with E-state index in [1.54, 1.807) is 25.4 Å². The molecule has 0 atom stereocenters. The van der Waals surface area contributed by atoms with Crippen molar-refractivity contribution in [1.82, 2.24) is 29.1 Å². The summed E-state index contributed by atoms with van der Waals surface area (Å²) >= 11 is 0. The number of aromatic amines is 1. The van der Waals surface area contributed by atoms with E-state index in [4.69, 9.17) is 4.74 Å². The van der Waals surface area contributed by atoms with Crippen LogP contribution in [0.15, 0.2) is 53.7 Å². The number of halogens is 3. The summed E-state index contributed by atoms with van der Waals surface area (Å²) in [6.07, 6.45) is -0.614. The molecule has 0 amide bonds. The highest BCUT2D eigenvalue weighted by atomic mass is 32.2. The van der Waals surface area contributed by atoms with E-state index in [9.17, 15) is 21.6 Å². The number of hydrogen-bond acceptors (Lipinski definition) is 7. The average Bonchev–Trinajstić information content (AvgIpc) is 3.34. The maximum atomic E-state index is 14.1. The van der Waals surface area contributed by atoms with Crippen LogP contribution in [0.25, 0.3) is 22.3 Å². The first-order valence-corrected chi connectivity index (χ1v) is 13.7. The van der Waals surface area contributed by atoms with Crippen molar-refractivity contribution in [2.45, 2.75) is 23.9 Å². The second kappa shape index (κ2) is 10.5. The number of aryl methyl sites for hydroxylation is 2. The Kier molecular flexibility index (Phi) is 7.31. The van der Waals surface area contributed by atoms with Crippen molar-refractivity contribution < 1.29 is 26.3 Å². The molecule has 5 rings (SSSR count). The Labute approximate surface area is 223 Å². The molecular weight excluding hydrogens is 533 g/mol. The first kappa shape index (κ1) is 27.0. The summed E-state index contributed by atoms with van der Waals surface area (Å²) in [5, 5.41) is 0. The number of sulfonamides is 1. The minimum Gasteiger partial charge on any atom is -0.497 e. The summed E-state index contributed by atoms with van der Waals surface area (Å²) in [5.74, 6) is 1.36. The van der Waals surface area contributed by atoms with Gasteiger partial charge in [0.25, 0.3) is 0 Å². The molecule has 0 bridgehead atoms. The number of alkyl halides is 3. The highest BCUT2D eigenvalue weighted by Crippen LogP contribution is 2.38. The molecule has 4 heterocycles. The summed E-state index contributed by atoms with van der Waals surface area (Å²) in [6, 6.07) is 8.51. The van der Waals surface area contributed by atoms with Gasteiger partial charge in [-0.3, -0.25) is 4.98 Å². The number of fused-ring (bicyclic) bond motifs is 1. The highest BCUT2D eigenvalue weighted by molar-refractivity contribution is 7.89. The number of aromatic nitrogens is 4. The smallest absolute Gasteiger partial charge is 0.417 e. The second-order valence-electron chi connectivity index (χ2n) is 9.38. The van der Waals surface area contributed by atoms with Crippen LogP contribution in [0.4, 0.5) is 13.2 Å². The van der Waals surface area contributed by atoms with E-state index in [0.717, 1.165) is 22.1 Å². The molecule has 1 aliphatic rings. The highest BCUT2D eigenvalue weighted by Gasteiger charge is 2.40. The molecule has 4 aromatic rings. The summed E-state index contributed by atoms with van der Waals surface area (Å²) in [6.45, 7) is 1.17. The minimum absolute atomic E-state index is 0.133. The van der Waals surface area contributed by atoms with Crippen molar-refractivity contribution in [2.75, 3.05) is 40.3 Å². The fourth-order valence-corrected chi connectivity index (χ4v) is 6.13. The number of piperazine rings is 1. The van der Waals surface area contributed by atoms with E-state index in [2.05, 4.69) is 19.9 Å². The number of H-pyrrole nitrogens is 1. The summed E-state index contributed by atoms with van der Waals surface area (Å²) in [7, 11) is -0.902. The second-order valence-corrected chi connectivity index (χ2v) is 11.3. The number of imidazole rings is 1. The fraction of sp³-hybridized carbons (Fsp3) is 0.346. The maximum Gasteiger partial charge on any atom is 0.417 e. The van der Waals surface area contributed by atoms with Gasteiger partial charge in [-0.15, -0.1) is 0 Å². The fourth-order valence-electron chi connectivity index (χ4n) is 4.51. The van der Waals surface area contributed by atoms with Crippen LogP contribution in [-0.4, -0.2) is 77.9 Å². The molecule has 1 N–H and O–H groups in total. The number of rotatable bonds is 7. The largest absolute Gasteiger partial charge is 0.497 e.